The summed E-state index contributed by atoms with van der Waals surface area (Å²) in [4.78, 5) is 0. The predicted octanol–water partition coefficient (Wildman–Crippen LogP) is 1.79. The molecule has 4 heteroatoms. The summed E-state index contributed by atoms with van der Waals surface area (Å²) >= 11 is 0. The number of rotatable bonds is 5. The van der Waals surface area contributed by atoms with Crippen LogP contribution in [0.4, 0.5) is 4.39 Å². The maximum atomic E-state index is 14.0. The second kappa shape index (κ2) is 4.63. The molecule has 1 saturated carbocycles. The van der Waals surface area contributed by atoms with Gasteiger partial charge < -0.3 is 15.2 Å². The largest absolute Gasteiger partial charge is 0.496 e. The zero-order valence-corrected chi connectivity index (χ0v) is 10.2. The topological polar surface area (TPSA) is 41.5 Å². The number of hydrogen-bond acceptors (Lipinski definition) is 3. The molecule has 1 aliphatic rings. The molecule has 1 aliphatic carbocycles. The van der Waals surface area contributed by atoms with E-state index in [0.29, 0.717) is 17.4 Å². The van der Waals surface area contributed by atoms with Crippen molar-refractivity contribution in [3.05, 3.63) is 29.6 Å². The van der Waals surface area contributed by atoms with Crippen molar-refractivity contribution in [3.63, 3.8) is 0 Å². The summed E-state index contributed by atoms with van der Waals surface area (Å²) in [6.07, 6.45) is 2.15. The summed E-state index contributed by atoms with van der Waals surface area (Å²) in [6.45, 7) is 1.63. The molecule has 0 spiro atoms. The summed E-state index contributed by atoms with van der Waals surface area (Å²) < 4.78 is 19.1. The standard InChI is InChI=1S/C13H18FNO2/c1-13(8-16,15-9-6-7-9)12-10(14)4-3-5-11(12)17-2/h3-5,9,15-16H,6-8H2,1-2H3. The smallest absolute Gasteiger partial charge is 0.132 e. The Morgan fingerprint density at radius 3 is 2.76 bits per heavy atom. The minimum Gasteiger partial charge on any atom is -0.496 e. The molecule has 0 radical (unpaired) electrons. The lowest BCUT2D eigenvalue weighted by molar-refractivity contribution is 0.166. The molecule has 0 heterocycles. The van der Waals surface area contributed by atoms with Gasteiger partial charge >= 0.3 is 0 Å². The van der Waals surface area contributed by atoms with Crippen LogP contribution in [0.25, 0.3) is 0 Å². The Balaban J connectivity index is 2.40. The second-order valence-electron chi connectivity index (χ2n) is 4.73. The highest BCUT2D eigenvalue weighted by molar-refractivity contribution is 5.40. The van der Waals surface area contributed by atoms with E-state index in [2.05, 4.69) is 5.32 Å². The molecule has 2 rings (SSSR count). The zero-order chi connectivity index (χ0) is 12.5. The SMILES string of the molecule is COc1cccc(F)c1C(C)(CO)NC1CC1. The Morgan fingerprint density at radius 2 is 2.24 bits per heavy atom. The lowest BCUT2D eigenvalue weighted by Crippen LogP contribution is -2.45. The van der Waals surface area contributed by atoms with E-state index in [0.717, 1.165) is 12.8 Å². The number of ether oxygens (including phenoxy) is 1. The van der Waals surface area contributed by atoms with E-state index < -0.39 is 5.54 Å². The maximum absolute atomic E-state index is 14.0. The quantitative estimate of drug-likeness (QED) is 0.823. The molecule has 94 valence electrons. The average molecular weight is 239 g/mol. The zero-order valence-electron chi connectivity index (χ0n) is 10.2. The molecule has 17 heavy (non-hydrogen) atoms. The van der Waals surface area contributed by atoms with Crippen molar-refractivity contribution in [2.24, 2.45) is 0 Å². The van der Waals surface area contributed by atoms with Crippen LogP contribution in [-0.2, 0) is 5.54 Å². The number of aliphatic hydroxyl groups is 1. The van der Waals surface area contributed by atoms with Crippen molar-refractivity contribution >= 4 is 0 Å². The fraction of sp³-hybridized carbons (Fsp3) is 0.538. The van der Waals surface area contributed by atoms with E-state index in [1.54, 1.807) is 19.1 Å². The van der Waals surface area contributed by atoms with Crippen LogP contribution >= 0.6 is 0 Å². The Kier molecular flexibility index (Phi) is 3.35. The molecule has 1 aromatic carbocycles. The minimum atomic E-state index is -0.794. The van der Waals surface area contributed by atoms with E-state index in [4.69, 9.17) is 4.74 Å². The molecule has 0 amide bonds. The first-order valence-electron chi connectivity index (χ1n) is 5.82. The van der Waals surface area contributed by atoms with Crippen LogP contribution in [0, 0.1) is 5.82 Å². The third-order valence-electron chi connectivity index (χ3n) is 3.16. The van der Waals surface area contributed by atoms with Crippen molar-refractivity contribution in [3.8, 4) is 5.75 Å². The highest BCUT2D eigenvalue weighted by Crippen LogP contribution is 2.35. The van der Waals surface area contributed by atoms with E-state index in [1.807, 2.05) is 0 Å². The lowest BCUT2D eigenvalue weighted by atomic mass is 9.91. The molecule has 0 bridgehead atoms. The molecule has 2 N–H and O–H groups in total. The van der Waals surface area contributed by atoms with Crippen molar-refractivity contribution in [2.45, 2.75) is 31.3 Å². The molecule has 0 aliphatic heterocycles. The van der Waals surface area contributed by atoms with Crippen LogP contribution < -0.4 is 10.1 Å². The number of benzene rings is 1. The fourth-order valence-electron chi connectivity index (χ4n) is 2.08. The van der Waals surface area contributed by atoms with Crippen molar-refractivity contribution in [2.75, 3.05) is 13.7 Å². The Bertz CT molecular complexity index is 406. The predicted molar refractivity (Wildman–Crippen MR) is 63.5 cm³/mol. The number of halogens is 1. The lowest BCUT2D eigenvalue weighted by Gasteiger charge is -2.31. The Morgan fingerprint density at radius 1 is 1.53 bits per heavy atom. The summed E-state index contributed by atoms with van der Waals surface area (Å²) in [5, 5.41) is 12.9. The highest BCUT2D eigenvalue weighted by atomic mass is 19.1. The van der Waals surface area contributed by atoms with Gasteiger partial charge in [-0.2, -0.15) is 0 Å². The fourth-order valence-corrected chi connectivity index (χ4v) is 2.08. The number of nitrogens with one attached hydrogen (secondary N) is 1. The third kappa shape index (κ3) is 2.42. The van der Waals surface area contributed by atoms with Gasteiger partial charge in [0.05, 0.1) is 24.8 Å². The van der Waals surface area contributed by atoms with Crippen molar-refractivity contribution in [1.29, 1.82) is 0 Å². The van der Waals surface area contributed by atoms with E-state index in [1.165, 1.54) is 13.2 Å². The van der Waals surface area contributed by atoms with E-state index >= 15 is 0 Å². The molecule has 1 unspecified atom stereocenters. The number of aliphatic hydroxyl groups excluding tert-OH is 1. The first-order chi connectivity index (χ1) is 8.10. The number of methoxy groups -OCH3 is 1. The van der Waals surface area contributed by atoms with Gasteiger partial charge in [-0.15, -0.1) is 0 Å². The van der Waals surface area contributed by atoms with Crippen LogP contribution in [0.2, 0.25) is 0 Å². The Labute approximate surface area is 101 Å². The van der Waals surface area contributed by atoms with Crippen LogP contribution in [-0.4, -0.2) is 24.9 Å². The second-order valence-corrected chi connectivity index (χ2v) is 4.73. The van der Waals surface area contributed by atoms with Gasteiger partial charge in [0.15, 0.2) is 0 Å². The Hall–Kier alpha value is -1.13. The molecular formula is C13H18FNO2. The first kappa shape index (κ1) is 12.3. The van der Waals surface area contributed by atoms with Crippen molar-refractivity contribution < 1.29 is 14.2 Å². The summed E-state index contributed by atoms with van der Waals surface area (Å²) in [5.41, 5.74) is -0.394. The van der Waals surface area contributed by atoms with Crippen LogP contribution in [0.3, 0.4) is 0 Å². The molecule has 1 aromatic rings. The molecule has 0 saturated heterocycles. The van der Waals surface area contributed by atoms with Gasteiger partial charge in [-0.25, -0.2) is 4.39 Å². The minimum absolute atomic E-state index is 0.166. The molecule has 3 nitrogen and oxygen atoms in total. The van der Waals surface area contributed by atoms with Gasteiger partial charge in [0.25, 0.3) is 0 Å². The molecule has 1 atom stereocenters. The average Bonchev–Trinajstić information content (AvgIpc) is 3.12. The monoisotopic (exact) mass is 239 g/mol. The van der Waals surface area contributed by atoms with Crippen LogP contribution in [0.5, 0.6) is 5.75 Å². The van der Waals surface area contributed by atoms with Gasteiger partial charge in [-0.05, 0) is 31.9 Å². The number of hydrogen-bond donors (Lipinski definition) is 2. The van der Waals surface area contributed by atoms with E-state index in [9.17, 15) is 9.50 Å². The highest BCUT2D eigenvalue weighted by Gasteiger charge is 2.37. The van der Waals surface area contributed by atoms with Crippen LogP contribution in [0.15, 0.2) is 18.2 Å². The van der Waals surface area contributed by atoms with Crippen LogP contribution in [0.1, 0.15) is 25.3 Å². The summed E-state index contributed by atoms with van der Waals surface area (Å²) in [6, 6.07) is 5.07. The van der Waals surface area contributed by atoms with Crippen molar-refractivity contribution in [1.82, 2.24) is 5.32 Å². The molecule has 0 aromatic heterocycles. The van der Waals surface area contributed by atoms with Gasteiger partial charge in [0, 0.05) is 6.04 Å². The first-order valence-corrected chi connectivity index (χ1v) is 5.82. The molecular weight excluding hydrogens is 221 g/mol. The normalized spacial score (nSPS) is 18.8. The summed E-state index contributed by atoms with van der Waals surface area (Å²) in [5.74, 6) is 0.115. The third-order valence-corrected chi connectivity index (χ3v) is 3.16. The van der Waals surface area contributed by atoms with Gasteiger partial charge in [0.1, 0.15) is 11.6 Å². The maximum Gasteiger partial charge on any atom is 0.132 e. The molecule has 1 fully saturated rings. The van der Waals surface area contributed by atoms with E-state index in [-0.39, 0.29) is 12.4 Å². The van der Waals surface area contributed by atoms with Gasteiger partial charge in [-0.1, -0.05) is 6.07 Å². The van der Waals surface area contributed by atoms with Gasteiger partial charge in [0.2, 0.25) is 0 Å². The summed E-state index contributed by atoms with van der Waals surface area (Å²) in [7, 11) is 1.51. The van der Waals surface area contributed by atoms with Gasteiger partial charge in [-0.3, -0.25) is 0 Å².